The molecule has 1 atom stereocenters. The molecule has 1 aromatic rings. The van der Waals surface area contributed by atoms with Gasteiger partial charge in [-0.15, -0.1) is 0 Å². The highest BCUT2D eigenvalue weighted by Crippen LogP contribution is 2.16. The van der Waals surface area contributed by atoms with Crippen LogP contribution in [0, 0.1) is 11.3 Å². The van der Waals surface area contributed by atoms with Crippen molar-refractivity contribution in [2.24, 2.45) is 11.3 Å². The maximum atomic E-state index is 12.4. The molecule has 0 spiro atoms. The van der Waals surface area contributed by atoms with Crippen molar-refractivity contribution >= 4 is 12.1 Å². The number of amides is 1. The summed E-state index contributed by atoms with van der Waals surface area (Å²) in [6.45, 7) is 14.0. The smallest absolute Gasteiger partial charge is 0.409 e. The number of benzene rings is 1. The first-order valence-corrected chi connectivity index (χ1v) is 10.5. The normalized spacial score (nSPS) is 12.5. The average molecular weight is 424 g/mol. The topological polar surface area (TPSA) is 85.3 Å². The van der Waals surface area contributed by atoms with Crippen LogP contribution in [0.5, 0.6) is 5.75 Å². The first kappa shape index (κ1) is 25.8. The van der Waals surface area contributed by atoms with Crippen LogP contribution in [0.25, 0.3) is 0 Å². The Morgan fingerprint density at radius 3 is 2.27 bits per heavy atom. The van der Waals surface area contributed by atoms with E-state index in [2.05, 4.69) is 13.8 Å². The molecule has 0 bridgehead atoms. The Morgan fingerprint density at radius 2 is 1.77 bits per heavy atom. The van der Waals surface area contributed by atoms with Crippen LogP contribution in [0.2, 0.25) is 0 Å². The lowest BCUT2D eigenvalue weighted by molar-refractivity contribution is -0.149. The zero-order valence-electron chi connectivity index (χ0n) is 19.1. The number of carboxylic acid groups (broad SMARTS) is 1. The van der Waals surface area contributed by atoms with E-state index >= 15 is 0 Å². The number of carbonyl (C=O) groups excluding carboxylic acids is 1. The van der Waals surface area contributed by atoms with Gasteiger partial charge in [0.15, 0.2) is 6.10 Å². The molecule has 0 aliphatic carbocycles. The van der Waals surface area contributed by atoms with Crippen molar-refractivity contribution in [2.75, 3.05) is 32.9 Å². The molecule has 1 aromatic carbocycles. The Morgan fingerprint density at radius 1 is 1.13 bits per heavy atom. The summed E-state index contributed by atoms with van der Waals surface area (Å²) in [5, 5.41) is 9.19. The lowest BCUT2D eigenvalue weighted by Crippen LogP contribution is -2.38. The minimum atomic E-state index is -0.972. The highest BCUT2D eigenvalue weighted by atomic mass is 16.6. The molecule has 1 unspecified atom stereocenters. The summed E-state index contributed by atoms with van der Waals surface area (Å²) < 4.78 is 16.5. The monoisotopic (exact) mass is 423 g/mol. The first-order chi connectivity index (χ1) is 14.0. The number of nitrogens with zero attached hydrogens (tertiary/aromatic N) is 1. The third-order valence-electron chi connectivity index (χ3n) is 4.09. The summed E-state index contributed by atoms with van der Waals surface area (Å²) in [5.41, 5.74) is 0.773. The largest absolute Gasteiger partial charge is 0.492 e. The number of aliphatic carboxylic acids is 1. The maximum Gasteiger partial charge on any atom is 0.409 e. The van der Waals surface area contributed by atoms with E-state index in [9.17, 15) is 14.7 Å². The van der Waals surface area contributed by atoms with Crippen molar-refractivity contribution in [1.82, 2.24) is 4.90 Å². The molecule has 0 aromatic heterocycles. The predicted molar refractivity (Wildman–Crippen MR) is 116 cm³/mol. The van der Waals surface area contributed by atoms with Crippen LogP contribution in [0.4, 0.5) is 4.79 Å². The van der Waals surface area contributed by atoms with Gasteiger partial charge in [-0.2, -0.15) is 0 Å². The van der Waals surface area contributed by atoms with Crippen LogP contribution in [-0.2, 0) is 20.7 Å². The van der Waals surface area contributed by atoms with Gasteiger partial charge in [0.2, 0.25) is 0 Å². The second kappa shape index (κ2) is 12.4. The number of rotatable bonds is 12. The van der Waals surface area contributed by atoms with Gasteiger partial charge in [0, 0.05) is 19.6 Å². The van der Waals surface area contributed by atoms with Crippen LogP contribution in [-0.4, -0.2) is 61.1 Å². The maximum absolute atomic E-state index is 12.4. The fourth-order valence-electron chi connectivity index (χ4n) is 2.70. The van der Waals surface area contributed by atoms with E-state index in [-0.39, 0.29) is 11.5 Å². The quantitative estimate of drug-likeness (QED) is 0.541. The molecule has 30 heavy (non-hydrogen) atoms. The molecule has 1 amide bonds. The number of hydrogen-bond donors (Lipinski definition) is 1. The number of carboxylic acids is 1. The molecule has 1 N–H and O–H groups in total. The molecule has 0 aliphatic rings. The lowest BCUT2D eigenvalue weighted by Gasteiger charge is -2.26. The van der Waals surface area contributed by atoms with Gasteiger partial charge in [-0.3, -0.25) is 0 Å². The van der Waals surface area contributed by atoms with Crippen LogP contribution in [0.3, 0.4) is 0 Å². The average Bonchev–Trinajstić information content (AvgIpc) is 2.65. The van der Waals surface area contributed by atoms with Crippen LogP contribution in [0.1, 0.15) is 47.1 Å². The molecule has 1 rings (SSSR count). The third-order valence-corrected chi connectivity index (χ3v) is 4.09. The van der Waals surface area contributed by atoms with Gasteiger partial charge in [0.05, 0.1) is 13.2 Å². The van der Waals surface area contributed by atoms with Gasteiger partial charge in [0.25, 0.3) is 0 Å². The Kier molecular flexibility index (Phi) is 10.7. The van der Waals surface area contributed by atoms with Gasteiger partial charge in [-0.1, -0.05) is 46.8 Å². The van der Waals surface area contributed by atoms with Crippen molar-refractivity contribution in [1.29, 1.82) is 0 Å². The minimum absolute atomic E-state index is 0.0841. The molecule has 0 aliphatic heterocycles. The first-order valence-electron chi connectivity index (χ1n) is 10.5. The second-order valence-electron chi connectivity index (χ2n) is 8.93. The van der Waals surface area contributed by atoms with E-state index in [0.29, 0.717) is 51.0 Å². The molecule has 7 nitrogen and oxygen atoms in total. The summed E-state index contributed by atoms with van der Waals surface area (Å²) >= 11 is 0. The Labute approximate surface area is 180 Å². The summed E-state index contributed by atoms with van der Waals surface area (Å²) in [4.78, 5) is 25.3. The molecule has 7 heteroatoms. The second-order valence-corrected chi connectivity index (χ2v) is 8.93. The number of hydrogen-bond acceptors (Lipinski definition) is 5. The van der Waals surface area contributed by atoms with Gasteiger partial charge in [0.1, 0.15) is 12.4 Å². The van der Waals surface area contributed by atoms with Gasteiger partial charge < -0.3 is 24.2 Å². The fourth-order valence-corrected chi connectivity index (χ4v) is 2.70. The molecular formula is C23H37NO6. The van der Waals surface area contributed by atoms with Crippen LogP contribution >= 0.6 is 0 Å². The summed E-state index contributed by atoms with van der Waals surface area (Å²) in [5.74, 6) is 0.00866. The standard InChI is InChI=1S/C23H37NO6/c1-7-28-20(21(25)26)14-18-8-10-19(11-9-18)29-13-12-24(15-17(2)3)22(27)30-16-23(4,5)6/h8-11,17,20H,7,12-16H2,1-6H3,(H,25,26). The molecule has 0 heterocycles. The van der Waals surface area contributed by atoms with Gasteiger partial charge >= 0.3 is 12.1 Å². The SMILES string of the molecule is CCOC(Cc1ccc(OCCN(CC(C)C)C(=O)OCC(C)(C)C)cc1)C(=O)O. The van der Waals surface area contributed by atoms with E-state index in [1.807, 2.05) is 32.9 Å². The Hall–Kier alpha value is -2.28. The lowest BCUT2D eigenvalue weighted by atomic mass is 9.99. The zero-order valence-corrected chi connectivity index (χ0v) is 19.1. The molecule has 0 fully saturated rings. The van der Waals surface area contributed by atoms with Gasteiger partial charge in [-0.25, -0.2) is 9.59 Å². The van der Waals surface area contributed by atoms with E-state index in [1.165, 1.54) is 0 Å². The highest BCUT2D eigenvalue weighted by molar-refractivity contribution is 5.72. The predicted octanol–water partition coefficient (Wildman–Crippen LogP) is 4.24. The highest BCUT2D eigenvalue weighted by Gasteiger charge is 2.20. The van der Waals surface area contributed by atoms with Crippen LogP contribution < -0.4 is 4.74 Å². The Balaban J connectivity index is 2.57. The molecule has 0 saturated carbocycles. The molecule has 170 valence electrons. The third kappa shape index (κ3) is 10.5. The molecule has 0 radical (unpaired) electrons. The van der Waals surface area contributed by atoms with E-state index in [4.69, 9.17) is 14.2 Å². The van der Waals surface area contributed by atoms with Crippen LogP contribution in [0.15, 0.2) is 24.3 Å². The van der Waals surface area contributed by atoms with Crippen molar-refractivity contribution in [3.05, 3.63) is 29.8 Å². The molecular weight excluding hydrogens is 386 g/mol. The summed E-state index contributed by atoms with van der Waals surface area (Å²) in [6, 6.07) is 7.25. The fraction of sp³-hybridized carbons (Fsp3) is 0.652. The minimum Gasteiger partial charge on any atom is -0.492 e. The number of carbonyl (C=O) groups is 2. The zero-order chi connectivity index (χ0) is 22.7. The Bertz CT molecular complexity index is 651. The van der Waals surface area contributed by atoms with Crippen molar-refractivity contribution in [3.63, 3.8) is 0 Å². The van der Waals surface area contributed by atoms with E-state index in [1.54, 1.807) is 24.0 Å². The van der Waals surface area contributed by atoms with Gasteiger partial charge in [-0.05, 0) is 36.0 Å². The van der Waals surface area contributed by atoms with E-state index < -0.39 is 12.1 Å². The summed E-state index contributed by atoms with van der Waals surface area (Å²) in [7, 11) is 0. The van der Waals surface area contributed by atoms with Crippen molar-refractivity contribution in [2.45, 2.75) is 54.1 Å². The summed E-state index contributed by atoms with van der Waals surface area (Å²) in [6.07, 6.45) is -0.885. The van der Waals surface area contributed by atoms with Crippen molar-refractivity contribution < 1.29 is 28.9 Å². The van der Waals surface area contributed by atoms with Crippen molar-refractivity contribution in [3.8, 4) is 5.75 Å². The van der Waals surface area contributed by atoms with E-state index in [0.717, 1.165) is 5.56 Å². The number of ether oxygens (including phenoxy) is 3. The molecule has 0 saturated heterocycles.